The number of hydrogen-bond acceptors (Lipinski definition) is 0. The Balaban J connectivity index is 0.00000112. The van der Waals surface area contributed by atoms with Crippen LogP contribution in [0, 0.1) is 0 Å². The third-order valence-electron chi connectivity index (χ3n) is 6.45. The first-order valence-electron chi connectivity index (χ1n) is 9.10. The van der Waals surface area contributed by atoms with E-state index in [1.807, 2.05) is 0 Å². The predicted molar refractivity (Wildman–Crippen MR) is 116 cm³/mol. The second kappa shape index (κ2) is 7.92. The zero-order valence-electron chi connectivity index (χ0n) is 16.1. The van der Waals surface area contributed by atoms with Crippen molar-refractivity contribution < 1.29 is 48.0 Å². The molecule has 28 heavy (non-hydrogen) atoms. The van der Waals surface area contributed by atoms with E-state index in [4.69, 9.17) is 0 Å². The van der Waals surface area contributed by atoms with Gasteiger partial charge in [0.15, 0.2) is 0 Å². The zero-order valence-corrected chi connectivity index (χ0v) is 24.3. The van der Waals surface area contributed by atoms with Crippen LogP contribution in [-0.4, -0.2) is 8.07 Å². The minimum absolute atomic E-state index is 0. The predicted octanol–water partition coefficient (Wildman–Crippen LogP) is 1.46. The summed E-state index contributed by atoms with van der Waals surface area (Å²) < 4.78 is 4.05. The van der Waals surface area contributed by atoms with E-state index in [-0.39, 0.29) is 24.8 Å². The van der Waals surface area contributed by atoms with Crippen molar-refractivity contribution in [3.63, 3.8) is 0 Å². The Labute approximate surface area is 209 Å². The van der Waals surface area contributed by atoms with Crippen LogP contribution >= 0.6 is 31.9 Å². The van der Waals surface area contributed by atoms with Crippen LogP contribution < -0.4 is 24.8 Å². The minimum Gasteiger partial charge on any atom is -1.00 e. The van der Waals surface area contributed by atoms with Crippen molar-refractivity contribution in [2.24, 2.45) is 0 Å². The van der Waals surface area contributed by atoms with Crippen LogP contribution in [-0.2, 0) is 23.2 Å². The monoisotopic (exact) mass is 630 g/mol. The minimum atomic E-state index is -1.81. The standard InChI is InChI=1S/C22H20Br2Si.2ClH.Zr/c1-13-11-15-7-5-9-17(23)19(15)21(13)25(3,4)22-14(2)12-16-8-6-10-18(24)20(16)22;;;/h5-12H,1-4H3;2*1H;/q;;;+2/p-2. The van der Waals surface area contributed by atoms with E-state index in [1.54, 1.807) is 43.8 Å². The Hall–Kier alpha value is 0.560. The number of fused-ring (bicyclic) bond motifs is 8. The van der Waals surface area contributed by atoms with E-state index >= 15 is 0 Å². The van der Waals surface area contributed by atoms with E-state index in [9.17, 15) is 0 Å². The summed E-state index contributed by atoms with van der Waals surface area (Å²) in [5.41, 5.74) is 9.75. The van der Waals surface area contributed by atoms with Crippen LogP contribution in [0.25, 0.3) is 10.4 Å². The van der Waals surface area contributed by atoms with Crippen LogP contribution in [0.15, 0.2) is 56.5 Å². The summed E-state index contributed by atoms with van der Waals surface area (Å²) in [6, 6.07) is 13.8. The fraction of sp³-hybridized carbons (Fsp3) is 0.273. The molecule has 4 bridgehead atoms. The molecule has 0 amide bonds. The van der Waals surface area contributed by atoms with Gasteiger partial charge in [-0.2, -0.15) is 0 Å². The fourth-order valence-corrected chi connectivity index (χ4v) is 16.9. The topological polar surface area (TPSA) is 0 Å². The Kier molecular flexibility index (Phi) is 6.57. The molecule has 5 rings (SSSR count). The normalized spacial score (nSPS) is 22.8. The zero-order chi connectivity index (χ0) is 18.4. The average Bonchev–Trinajstić information content (AvgIpc) is 3.05. The Bertz CT molecular complexity index is 977. The van der Waals surface area contributed by atoms with Crippen LogP contribution in [0.1, 0.15) is 43.4 Å². The molecule has 0 radical (unpaired) electrons. The molecule has 3 aliphatic rings. The van der Waals surface area contributed by atoms with Crippen molar-refractivity contribution in [3.8, 4) is 0 Å². The van der Waals surface area contributed by atoms with Crippen molar-refractivity contribution in [2.75, 3.05) is 0 Å². The molecule has 0 N–H and O–H groups in total. The molecule has 1 aliphatic heterocycles. The molecule has 0 aromatic heterocycles. The molecule has 2 aromatic carbocycles. The first-order valence-corrected chi connectivity index (χ1v) is 16.5. The van der Waals surface area contributed by atoms with E-state index in [0.29, 0.717) is 0 Å². The SMILES string of the molecule is CC1=C2c3c(Br)cccc3[CH]1[Zr+2][CH]1C(C)=C(c3c(Br)cccc31)[Si]2(C)C.[Cl-].[Cl-]. The fourth-order valence-electron chi connectivity index (χ4n) is 5.57. The summed E-state index contributed by atoms with van der Waals surface area (Å²) in [6.07, 6.45) is 0. The van der Waals surface area contributed by atoms with Gasteiger partial charge in [-0.05, 0) is 0 Å². The number of rotatable bonds is 0. The largest absolute Gasteiger partial charge is 1.00 e. The Morgan fingerprint density at radius 3 is 1.54 bits per heavy atom. The third kappa shape index (κ3) is 2.96. The quantitative estimate of drug-likeness (QED) is 0.386. The summed E-state index contributed by atoms with van der Waals surface area (Å²) in [5.74, 6) is 0. The molecule has 0 nitrogen and oxygen atoms in total. The maximum absolute atomic E-state index is 3.91. The van der Waals surface area contributed by atoms with E-state index in [0.717, 1.165) is 7.25 Å². The van der Waals surface area contributed by atoms with Gasteiger partial charge in [0.05, 0.1) is 0 Å². The van der Waals surface area contributed by atoms with E-state index in [1.165, 1.54) is 8.95 Å². The second-order valence-corrected chi connectivity index (χ2v) is 17.8. The van der Waals surface area contributed by atoms with Crippen LogP contribution in [0.2, 0.25) is 13.1 Å². The summed E-state index contributed by atoms with van der Waals surface area (Å²) in [7, 11) is -1.81. The third-order valence-corrected chi connectivity index (χ3v) is 16.9. The molecule has 2 atom stereocenters. The summed E-state index contributed by atoms with van der Waals surface area (Å²) in [6.45, 7) is 10.1. The number of hydrogen-bond donors (Lipinski definition) is 0. The summed E-state index contributed by atoms with van der Waals surface area (Å²) in [4.78, 5) is 0. The molecule has 144 valence electrons. The van der Waals surface area contributed by atoms with E-state index in [2.05, 4.69) is 95.2 Å². The summed E-state index contributed by atoms with van der Waals surface area (Å²) in [5, 5.41) is 3.42. The van der Waals surface area contributed by atoms with Gasteiger partial charge >= 0.3 is 186 Å². The molecule has 6 heteroatoms. The molecule has 2 unspecified atom stereocenters. The number of allylic oxidation sites excluding steroid dienone is 2. The van der Waals surface area contributed by atoms with Gasteiger partial charge in [-0.1, -0.05) is 0 Å². The van der Waals surface area contributed by atoms with Crippen molar-refractivity contribution in [1.82, 2.24) is 0 Å². The number of halogens is 4. The first-order chi connectivity index (χ1) is 12.3. The van der Waals surface area contributed by atoms with Crippen molar-refractivity contribution in [2.45, 2.75) is 34.2 Å². The van der Waals surface area contributed by atoms with Crippen molar-refractivity contribution in [1.29, 1.82) is 0 Å². The van der Waals surface area contributed by atoms with Gasteiger partial charge in [0.25, 0.3) is 0 Å². The Morgan fingerprint density at radius 1 is 0.750 bits per heavy atom. The van der Waals surface area contributed by atoms with Gasteiger partial charge < -0.3 is 24.8 Å². The number of benzene rings is 2. The van der Waals surface area contributed by atoms with Gasteiger partial charge in [-0.25, -0.2) is 0 Å². The van der Waals surface area contributed by atoms with Crippen LogP contribution in [0.3, 0.4) is 0 Å². The van der Waals surface area contributed by atoms with Gasteiger partial charge in [-0.15, -0.1) is 0 Å². The van der Waals surface area contributed by atoms with Crippen molar-refractivity contribution in [3.05, 3.63) is 78.7 Å². The van der Waals surface area contributed by atoms with Crippen LogP contribution in [0.4, 0.5) is 0 Å². The second-order valence-electron chi connectivity index (χ2n) is 8.18. The average molecular weight is 634 g/mol. The Morgan fingerprint density at radius 2 is 1.14 bits per heavy atom. The smallest absolute Gasteiger partial charge is 1.00 e. The molecular formula is C22H20Br2Cl2SiZr. The van der Waals surface area contributed by atoms with Crippen LogP contribution in [0.5, 0.6) is 0 Å². The molecular weight excluding hydrogens is 614 g/mol. The maximum atomic E-state index is 3.91. The molecule has 0 saturated carbocycles. The molecule has 0 fully saturated rings. The van der Waals surface area contributed by atoms with Gasteiger partial charge in [-0.3, -0.25) is 0 Å². The summed E-state index contributed by atoms with van der Waals surface area (Å²) >= 11 is 7.10. The van der Waals surface area contributed by atoms with Gasteiger partial charge in [0.2, 0.25) is 0 Å². The maximum Gasteiger partial charge on any atom is -1.00 e. The molecule has 2 aliphatic carbocycles. The molecule has 2 aromatic rings. The van der Waals surface area contributed by atoms with Gasteiger partial charge in [0.1, 0.15) is 0 Å². The first kappa shape index (κ1) is 23.2. The molecule has 1 heterocycles. The van der Waals surface area contributed by atoms with Crippen molar-refractivity contribution >= 4 is 50.3 Å². The van der Waals surface area contributed by atoms with E-state index < -0.39 is 31.3 Å². The molecule has 0 spiro atoms. The molecule has 0 saturated heterocycles. The van der Waals surface area contributed by atoms with Gasteiger partial charge in [0, 0.05) is 0 Å².